The quantitative estimate of drug-likeness (QED) is 0.289. The summed E-state index contributed by atoms with van der Waals surface area (Å²) in [6.45, 7) is 0.845. The topological polar surface area (TPSA) is 53.4 Å². The van der Waals surface area contributed by atoms with Crippen molar-refractivity contribution in [3.05, 3.63) is 82.0 Å². The Morgan fingerprint density at radius 1 is 0.971 bits per heavy atom. The number of hydrogen-bond donors (Lipinski definition) is 1. The Bertz CT molecular complexity index is 1390. The molecule has 4 aromatic rings. The molecule has 1 aliphatic carbocycles. The predicted molar refractivity (Wildman–Crippen MR) is 139 cm³/mol. The predicted octanol–water partition coefficient (Wildman–Crippen LogP) is 7.24. The van der Waals surface area contributed by atoms with Gasteiger partial charge >= 0.3 is 0 Å². The zero-order valence-electron chi connectivity index (χ0n) is 19.0. The van der Waals surface area contributed by atoms with Crippen LogP contribution in [0.15, 0.2) is 60.8 Å². The fraction of sp³-hybridized carbons (Fsp3) is 0.214. The summed E-state index contributed by atoms with van der Waals surface area (Å²) in [5, 5.41) is 11.2. The van der Waals surface area contributed by atoms with Gasteiger partial charge in [0.05, 0.1) is 15.6 Å². The van der Waals surface area contributed by atoms with Gasteiger partial charge in [-0.3, -0.25) is 9.78 Å². The summed E-state index contributed by atoms with van der Waals surface area (Å²) in [6.07, 6.45) is 3.59. The van der Waals surface area contributed by atoms with Crippen LogP contribution in [0.25, 0.3) is 33.2 Å². The van der Waals surface area contributed by atoms with E-state index in [1.165, 1.54) is 5.56 Å². The molecule has 6 heteroatoms. The lowest BCUT2D eigenvalue weighted by molar-refractivity contribution is 0.0968. The van der Waals surface area contributed by atoms with E-state index < -0.39 is 0 Å². The first-order valence-corrected chi connectivity index (χ1v) is 12.0. The zero-order chi connectivity index (χ0) is 24.0. The van der Waals surface area contributed by atoms with Crippen LogP contribution in [0.5, 0.6) is 5.75 Å². The third-order valence-electron chi connectivity index (χ3n) is 6.17. The highest BCUT2D eigenvalue weighted by molar-refractivity contribution is 6.37. The number of carbonyl (C=O) groups excluding carboxylic acids is 1. The van der Waals surface area contributed by atoms with E-state index in [0.717, 1.165) is 52.5 Å². The van der Waals surface area contributed by atoms with Gasteiger partial charge in [-0.25, -0.2) is 0 Å². The van der Waals surface area contributed by atoms with Crippen LogP contribution < -0.4 is 0 Å². The monoisotopic (exact) mass is 490 g/mol. The normalized spacial score (nSPS) is 13.6. The molecular weight excluding hydrogens is 467 g/mol. The van der Waals surface area contributed by atoms with Gasteiger partial charge in [-0.15, -0.1) is 0 Å². The van der Waals surface area contributed by atoms with Crippen LogP contribution in [0.2, 0.25) is 10.0 Å². The Kier molecular flexibility index (Phi) is 6.07. The van der Waals surface area contributed by atoms with Gasteiger partial charge in [-0.1, -0.05) is 53.5 Å². The molecule has 3 aromatic carbocycles. The molecule has 1 saturated carbocycles. The van der Waals surface area contributed by atoms with Crippen molar-refractivity contribution in [1.82, 2.24) is 9.88 Å². The first-order valence-electron chi connectivity index (χ1n) is 11.2. The summed E-state index contributed by atoms with van der Waals surface area (Å²) in [7, 11) is 4.08. The van der Waals surface area contributed by atoms with Crippen LogP contribution in [-0.4, -0.2) is 34.9 Å². The molecular formula is C28H24Cl2N2O2. The molecule has 1 N–H and O–H groups in total. The molecule has 0 amide bonds. The van der Waals surface area contributed by atoms with E-state index in [2.05, 4.69) is 34.1 Å². The molecule has 172 valence electrons. The van der Waals surface area contributed by atoms with Gasteiger partial charge in [0.15, 0.2) is 11.5 Å². The molecule has 0 aliphatic heterocycles. The van der Waals surface area contributed by atoms with Gasteiger partial charge in [0.1, 0.15) is 0 Å². The Labute approximate surface area is 208 Å². The van der Waals surface area contributed by atoms with Crippen LogP contribution in [0.4, 0.5) is 0 Å². The molecule has 0 bridgehead atoms. The third kappa shape index (κ3) is 4.41. The molecule has 0 saturated heterocycles. The molecule has 0 radical (unpaired) electrons. The average Bonchev–Trinajstić information content (AvgIpc) is 3.66. The number of phenols is 1. The highest BCUT2D eigenvalue weighted by atomic mass is 35.5. The highest BCUT2D eigenvalue weighted by Crippen LogP contribution is 2.41. The van der Waals surface area contributed by atoms with E-state index in [1.807, 2.05) is 32.3 Å². The number of hydrogen-bond acceptors (Lipinski definition) is 4. The molecule has 4 nitrogen and oxygen atoms in total. The molecule has 1 heterocycles. The van der Waals surface area contributed by atoms with Crippen LogP contribution in [0, 0.1) is 5.92 Å². The van der Waals surface area contributed by atoms with Crippen molar-refractivity contribution in [2.75, 3.05) is 14.1 Å². The van der Waals surface area contributed by atoms with E-state index in [-0.39, 0.29) is 27.5 Å². The standard InChI is InChI=1S/C28H24Cl2N2O2/c1-32(2)15-16-3-5-17(6-4-16)26-21-11-19(20-12-23(29)28(34)24(30)13-20)9-10-25(21)31-14-22(26)27(33)18-7-8-18/h3-6,9-14,18,34H,7-8,15H2,1-2H3. The van der Waals surface area contributed by atoms with E-state index in [4.69, 9.17) is 23.2 Å². The molecule has 0 unspecified atom stereocenters. The smallest absolute Gasteiger partial charge is 0.168 e. The molecule has 1 aliphatic rings. The molecule has 1 aromatic heterocycles. The summed E-state index contributed by atoms with van der Waals surface area (Å²) in [4.78, 5) is 20.0. The van der Waals surface area contributed by atoms with Crippen molar-refractivity contribution in [2.24, 2.45) is 5.92 Å². The van der Waals surface area contributed by atoms with Gasteiger partial charge in [0.2, 0.25) is 0 Å². The number of benzene rings is 3. The first-order chi connectivity index (χ1) is 16.3. The Balaban J connectivity index is 1.71. The number of halogens is 2. The number of phenolic OH excluding ortho intramolecular Hbond substituents is 1. The van der Waals surface area contributed by atoms with Crippen molar-refractivity contribution in [3.8, 4) is 28.0 Å². The van der Waals surface area contributed by atoms with Crippen molar-refractivity contribution >= 4 is 39.9 Å². The zero-order valence-corrected chi connectivity index (χ0v) is 20.5. The molecule has 0 spiro atoms. The van der Waals surface area contributed by atoms with E-state index >= 15 is 0 Å². The number of nitrogens with zero attached hydrogens (tertiary/aromatic N) is 2. The third-order valence-corrected chi connectivity index (χ3v) is 6.75. The molecule has 0 atom stereocenters. The number of Topliss-reactive ketones (excluding diaryl/α,β-unsaturated/α-hetero) is 1. The number of aromatic nitrogens is 1. The second-order valence-corrected chi connectivity index (χ2v) is 9.95. The van der Waals surface area contributed by atoms with Crippen LogP contribution in [0.3, 0.4) is 0 Å². The van der Waals surface area contributed by atoms with E-state index in [1.54, 1.807) is 18.3 Å². The average molecular weight is 491 g/mol. The molecule has 5 rings (SSSR count). The van der Waals surface area contributed by atoms with Gasteiger partial charge in [-0.2, -0.15) is 0 Å². The highest BCUT2D eigenvalue weighted by Gasteiger charge is 2.32. The Morgan fingerprint density at radius 3 is 2.24 bits per heavy atom. The number of fused-ring (bicyclic) bond motifs is 1. The number of ketones is 1. The van der Waals surface area contributed by atoms with Crippen LogP contribution >= 0.6 is 23.2 Å². The number of rotatable bonds is 6. The molecule has 34 heavy (non-hydrogen) atoms. The maximum atomic E-state index is 13.2. The number of carbonyl (C=O) groups is 1. The fourth-order valence-electron chi connectivity index (χ4n) is 4.31. The lowest BCUT2D eigenvalue weighted by Gasteiger charge is -2.15. The minimum Gasteiger partial charge on any atom is -0.505 e. The maximum Gasteiger partial charge on any atom is 0.168 e. The first kappa shape index (κ1) is 22.9. The van der Waals surface area contributed by atoms with Gasteiger partial charge < -0.3 is 10.0 Å². The largest absolute Gasteiger partial charge is 0.505 e. The Morgan fingerprint density at radius 2 is 1.62 bits per heavy atom. The summed E-state index contributed by atoms with van der Waals surface area (Å²) >= 11 is 12.4. The van der Waals surface area contributed by atoms with Gasteiger partial charge in [0.25, 0.3) is 0 Å². The maximum absolute atomic E-state index is 13.2. The van der Waals surface area contributed by atoms with Crippen molar-refractivity contribution in [3.63, 3.8) is 0 Å². The second-order valence-electron chi connectivity index (χ2n) is 9.14. The Hall–Kier alpha value is -2.92. The fourth-order valence-corrected chi connectivity index (χ4v) is 4.80. The summed E-state index contributed by atoms with van der Waals surface area (Å²) < 4.78 is 0. The SMILES string of the molecule is CN(C)Cc1ccc(-c2c(C(=O)C3CC3)cnc3ccc(-c4cc(Cl)c(O)c(Cl)c4)cc23)cc1. The number of aromatic hydroxyl groups is 1. The summed E-state index contributed by atoms with van der Waals surface area (Å²) in [6, 6.07) is 17.7. The summed E-state index contributed by atoms with van der Waals surface area (Å²) in [5.41, 5.74) is 6.21. The lowest BCUT2D eigenvalue weighted by atomic mass is 9.91. The minimum absolute atomic E-state index is 0.0870. The van der Waals surface area contributed by atoms with Crippen molar-refractivity contribution < 1.29 is 9.90 Å². The van der Waals surface area contributed by atoms with Crippen LogP contribution in [-0.2, 0) is 6.54 Å². The van der Waals surface area contributed by atoms with Crippen molar-refractivity contribution in [2.45, 2.75) is 19.4 Å². The number of pyridine rings is 1. The van der Waals surface area contributed by atoms with Crippen molar-refractivity contribution in [1.29, 1.82) is 0 Å². The van der Waals surface area contributed by atoms with Gasteiger partial charge in [0, 0.05) is 35.2 Å². The second kappa shape index (κ2) is 9.03. The molecule has 1 fully saturated rings. The minimum atomic E-state index is -0.134. The van der Waals surface area contributed by atoms with E-state index in [9.17, 15) is 9.90 Å². The summed E-state index contributed by atoms with van der Waals surface area (Å²) in [5.74, 6) is 0.108. The van der Waals surface area contributed by atoms with Crippen LogP contribution in [0.1, 0.15) is 28.8 Å². The van der Waals surface area contributed by atoms with Gasteiger partial charge in [-0.05, 0) is 73.5 Å². The lowest BCUT2D eigenvalue weighted by Crippen LogP contribution is -2.10. The van der Waals surface area contributed by atoms with E-state index in [0.29, 0.717) is 5.56 Å².